The van der Waals surface area contributed by atoms with Gasteiger partial charge in [-0.25, -0.2) is 0 Å². The molecule has 4 rings (SSSR count). The van der Waals surface area contributed by atoms with Gasteiger partial charge in [0.05, 0.1) is 5.70 Å². The Labute approximate surface area is 168 Å². The van der Waals surface area contributed by atoms with Gasteiger partial charge in [0.15, 0.2) is 11.9 Å². The van der Waals surface area contributed by atoms with Crippen molar-refractivity contribution < 1.29 is 18.0 Å². The van der Waals surface area contributed by atoms with Crippen LogP contribution in [0.25, 0.3) is 0 Å². The Morgan fingerprint density at radius 1 is 1.14 bits per heavy atom. The first-order valence-corrected chi connectivity index (χ1v) is 9.81. The number of hydrogen-bond donors (Lipinski definition) is 1. The molecule has 2 aliphatic heterocycles. The molecule has 0 amide bonds. The molecule has 7 heteroatoms. The van der Waals surface area contributed by atoms with Crippen LogP contribution in [0.1, 0.15) is 52.0 Å². The molecule has 2 unspecified atom stereocenters. The second-order valence-corrected chi connectivity index (χ2v) is 9.02. The maximum atomic E-state index is 13.3. The highest BCUT2D eigenvalue weighted by molar-refractivity contribution is 6.01. The molecule has 3 aliphatic rings. The summed E-state index contributed by atoms with van der Waals surface area (Å²) in [5, 5.41) is 11.7. The molecule has 0 aromatic heterocycles. The molecule has 1 N–H and O–H groups in total. The third-order valence-electron chi connectivity index (χ3n) is 6.10. The van der Waals surface area contributed by atoms with E-state index in [-0.39, 0.29) is 17.6 Å². The summed E-state index contributed by atoms with van der Waals surface area (Å²) >= 11 is 0. The van der Waals surface area contributed by atoms with Crippen LogP contribution in [0.15, 0.2) is 63.1 Å². The largest absolute Gasteiger partial charge is 0.389 e. The van der Waals surface area contributed by atoms with E-state index >= 15 is 0 Å². The standard InChI is InChI=1S/C22H24F3N3O/c1-20(2)11-15-17(16(29)12-20)21(3,13-7-5-4-6-8-13)18-14(9-10-22(23,24)25)27-28-19(18)26-15/h4-8,19,26H,9-12H2,1-3H3. The average Bonchev–Trinajstić information content (AvgIpc) is 3.02. The molecule has 4 nitrogen and oxygen atoms in total. The monoisotopic (exact) mass is 403 g/mol. The van der Waals surface area contributed by atoms with Crippen LogP contribution in [0.3, 0.4) is 0 Å². The van der Waals surface area contributed by atoms with E-state index in [0.717, 1.165) is 11.3 Å². The number of benzene rings is 1. The second kappa shape index (κ2) is 6.54. The predicted molar refractivity (Wildman–Crippen MR) is 103 cm³/mol. The quantitative estimate of drug-likeness (QED) is 0.716. The number of fused-ring (bicyclic) bond motifs is 1. The summed E-state index contributed by atoms with van der Waals surface area (Å²) in [6, 6.07) is 9.50. The van der Waals surface area contributed by atoms with E-state index in [9.17, 15) is 18.0 Å². The molecule has 1 aliphatic carbocycles. The second-order valence-electron chi connectivity index (χ2n) is 9.02. The van der Waals surface area contributed by atoms with Gasteiger partial charge in [-0.1, -0.05) is 44.2 Å². The summed E-state index contributed by atoms with van der Waals surface area (Å²) in [5.74, 6) is 0.0307. The summed E-state index contributed by atoms with van der Waals surface area (Å²) < 4.78 is 38.7. The number of carbonyl (C=O) groups is 1. The Balaban J connectivity index is 1.90. The number of azo groups is 1. The molecule has 1 aromatic carbocycles. The molecule has 2 atom stereocenters. The van der Waals surface area contributed by atoms with Crippen LogP contribution in [0.5, 0.6) is 0 Å². The van der Waals surface area contributed by atoms with Gasteiger partial charge in [-0.05, 0) is 24.3 Å². The third-order valence-corrected chi connectivity index (χ3v) is 6.10. The lowest BCUT2D eigenvalue weighted by Gasteiger charge is -2.46. The van der Waals surface area contributed by atoms with Gasteiger partial charge in [-0.15, -0.1) is 0 Å². The Kier molecular flexibility index (Phi) is 4.48. The number of allylic oxidation sites excluding steroid dienone is 3. The topological polar surface area (TPSA) is 53.8 Å². The molecule has 0 radical (unpaired) electrons. The van der Waals surface area contributed by atoms with Crippen molar-refractivity contribution >= 4 is 5.78 Å². The van der Waals surface area contributed by atoms with E-state index in [4.69, 9.17) is 0 Å². The fourth-order valence-electron chi connectivity index (χ4n) is 4.90. The van der Waals surface area contributed by atoms with Crippen LogP contribution < -0.4 is 5.32 Å². The van der Waals surface area contributed by atoms with Crippen molar-refractivity contribution in [3.05, 3.63) is 58.4 Å². The smallest absolute Gasteiger partial charge is 0.362 e. The van der Waals surface area contributed by atoms with Crippen molar-refractivity contribution in [3.8, 4) is 0 Å². The Bertz CT molecular complexity index is 944. The maximum Gasteiger partial charge on any atom is 0.389 e. The Hall–Kier alpha value is -2.44. The van der Waals surface area contributed by atoms with Gasteiger partial charge in [-0.2, -0.15) is 23.4 Å². The normalized spacial score (nSPS) is 28.3. The first kappa shape index (κ1) is 19.9. The Morgan fingerprint density at radius 2 is 1.83 bits per heavy atom. The fourth-order valence-corrected chi connectivity index (χ4v) is 4.90. The zero-order valence-electron chi connectivity index (χ0n) is 16.7. The van der Waals surface area contributed by atoms with E-state index < -0.39 is 24.2 Å². The molecule has 154 valence electrons. The van der Waals surface area contributed by atoms with Crippen molar-refractivity contribution in [2.24, 2.45) is 15.6 Å². The first-order chi connectivity index (χ1) is 13.5. The predicted octanol–water partition coefficient (Wildman–Crippen LogP) is 5.58. The van der Waals surface area contributed by atoms with Crippen LogP contribution in [0.2, 0.25) is 0 Å². The molecule has 0 fully saturated rings. The van der Waals surface area contributed by atoms with E-state index in [1.165, 1.54) is 0 Å². The number of rotatable bonds is 3. The molecular weight excluding hydrogens is 379 g/mol. The number of Topliss-reactive ketones (excluding diaryl/α,β-unsaturated/α-hetero) is 1. The number of ketones is 1. The summed E-state index contributed by atoms with van der Waals surface area (Å²) in [4.78, 5) is 13.3. The summed E-state index contributed by atoms with van der Waals surface area (Å²) in [7, 11) is 0. The summed E-state index contributed by atoms with van der Waals surface area (Å²) in [5.41, 5.74) is 2.31. The Morgan fingerprint density at radius 3 is 2.48 bits per heavy atom. The molecule has 0 bridgehead atoms. The molecule has 2 heterocycles. The summed E-state index contributed by atoms with van der Waals surface area (Å²) in [6.45, 7) is 6.03. The van der Waals surface area contributed by atoms with Crippen molar-refractivity contribution in [3.63, 3.8) is 0 Å². The van der Waals surface area contributed by atoms with Crippen molar-refractivity contribution in [1.82, 2.24) is 5.32 Å². The molecule has 0 saturated carbocycles. The van der Waals surface area contributed by atoms with Gasteiger partial charge in [0.2, 0.25) is 0 Å². The van der Waals surface area contributed by atoms with Gasteiger partial charge in [0.25, 0.3) is 0 Å². The lowest BCUT2D eigenvalue weighted by Crippen LogP contribution is -2.50. The van der Waals surface area contributed by atoms with Gasteiger partial charge in [-0.3, -0.25) is 4.79 Å². The molecule has 0 saturated heterocycles. The molecule has 0 spiro atoms. The molecule has 1 aromatic rings. The number of halogens is 3. The molecule has 29 heavy (non-hydrogen) atoms. The van der Waals surface area contributed by atoms with Gasteiger partial charge >= 0.3 is 6.18 Å². The first-order valence-electron chi connectivity index (χ1n) is 9.81. The number of nitrogens with zero attached hydrogens (tertiary/aromatic N) is 2. The van der Waals surface area contributed by atoms with Gasteiger partial charge in [0, 0.05) is 41.5 Å². The number of carbonyl (C=O) groups excluding carboxylic acids is 1. The summed E-state index contributed by atoms with van der Waals surface area (Å²) in [6.07, 6.45) is -4.93. The lowest BCUT2D eigenvalue weighted by atomic mass is 9.60. The number of alkyl halides is 3. The van der Waals surface area contributed by atoms with Crippen molar-refractivity contribution in [1.29, 1.82) is 0 Å². The SMILES string of the molecule is CC1(C)CC(=O)C2=C(C1)NC1N=NC(CCC(F)(F)F)=C1C2(C)c1ccccc1. The van der Waals surface area contributed by atoms with E-state index in [2.05, 4.69) is 15.5 Å². The highest BCUT2D eigenvalue weighted by Crippen LogP contribution is 2.53. The van der Waals surface area contributed by atoms with Crippen LogP contribution >= 0.6 is 0 Å². The maximum absolute atomic E-state index is 13.3. The molecular formula is C22H24F3N3O. The van der Waals surface area contributed by atoms with Gasteiger partial charge < -0.3 is 5.32 Å². The highest BCUT2D eigenvalue weighted by Gasteiger charge is 2.52. The number of hydrogen-bond acceptors (Lipinski definition) is 4. The minimum Gasteiger partial charge on any atom is -0.362 e. The van der Waals surface area contributed by atoms with Crippen LogP contribution in [-0.4, -0.2) is 18.1 Å². The van der Waals surface area contributed by atoms with Crippen LogP contribution in [0.4, 0.5) is 13.2 Å². The zero-order valence-corrected chi connectivity index (χ0v) is 16.7. The average molecular weight is 403 g/mol. The van der Waals surface area contributed by atoms with Crippen LogP contribution in [-0.2, 0) is 10.2 Å². The number of nitrogens with one attached hydrogen (secondary N) is 1. The van der Waals surface area contributed by atoms with Gasteiger partial charge in [0.1, 0.15) is 0 Å². The van der Waals surface area contributed by atoms with E-state index in [1.54, 1.807) is 0 Å². The van der Waals surface area contributed by atoms with Crippen molar-refractivity contribution in [2.75, 3.05) is 0 Å². The fraction of sp³-hybridized carbons (Fsp3) is 0.500. The minimum absolute atomic E-state index is 0.0307. The van der Waals surface area contributed by atoms with Crippen molar-refractivity contribution in [2.45, 2.75) is 64.2 Å². The third kappa shape index (κ3) is 3.40. The van der Waals surface area contributed by atoms with Crippen LogP contribution in [0, 0.1) is 5.41 Å². The zero-order chi connectivity index (χ0) is 21.0. The highest BCUT2D eigenvalue weighted by atomic mass is 19.4. The minimum atomic E-state index is -4.28. The lowest BCUT2D eigenvalue weighted by molar-refractivity contribution is -0.134. The van der Waals surface area contributed by atoms with E-state index in [1.807, 2.05) is 51.1 Å². The van der Waals surface area contributed by atoms with E-state index in [0.29, 0.717) is 29.7 Å².